The first-order valence-electron chi connectivity index (χ1n) is 4.08. The Hall–Kier alpha value is -0.200. The molecule has 0 bridgehead atoms. The van der Waals surface area contributed by atoms with E-state index in [2.05, 4.69) is 38.1 Å². The molecule has 13 heavy (non-hydrogen) atoms. The average Bonchev–Trinajstić information content (AvgIpc) is 2.62. The van der Waals surface area contributed by atoms with E-state index in [0.29, 0.717) is 5.19 Å². The molecular weight excluding hydrogens is 254 g/mol. The Bertz CT molecular complexity index is 293. The largest absolute Gasteiger partial charge is 0.464 e. The van der Waals surface area contributed by atoms with Crippen LogP contribution in [-0.4, -0.2) is 41.3 Å². The summed E-state index contributed by atoms with van der Waals surface area (Å²) in [5.41, 5.74) is 0. The zero-order valence-corrected chi connectivity index (χ0v) is 9.64. The summed E-state index contributed by atoms with van der Waals surface area (Å²) < 4.78 is 6.41. The molecule has 72 valence electrons. The second-order valence-electron chi connectivity index (χ2n) is 3.11. The van der Waals surface area contributed by atoms with E-state index in [1.165, 1.54) is 11.3 Å². The molecule has 0 saturated carbocycles. The summed E-state index contributed by atoms with van der Waals surface area (Å²) in [4.78, 5) is 2.25. The van der Waals surface area contributed by atoms with Gasteiger partial charge in [0.2, 0.25) is 0 Å². The van der Waals surface area contributed by atoms with Crippen LogP contribution in [0.25, 0.3) is 0 Å². The third kappa shape index (κ3) is 2.38. The molecule has 0 amide bonds. The van der Waals surface area contributed by atoms with Crippen LogP contribution < -0.4 is 4.74 Å². The highest BCUT2D eigenvalue weighted by molar-refractivity contribution is 9.11. The van der Waals surface area contributed by atoms with Crippen LogP contribution in [0, 0.1) is 0 Å². The van der Waals surface area contributed by atoms with E-state index in [0.717, 1.165) is 23.4 Å². The lowest BCUT2D eigenvalue weighted by Gasteiger charge is -2.09. The third-order valence-electron chi connectivity index (χ3n) is 2.00. The van der Waals surface area contributed by atoms with Crippen molar-refractivity contribution in [2.24, 2.45) is 0 Å². The van der Waals surface area contributed by atoms with Crippen molar-refractivity contribution in [1.29, 1.82) is 0 Å². The van der Waals surface area contributed by atoms with Crippen LogP contribution in [0.15, 0.2) is 3.92 Å². The van der Waals surface area contributed by atoms with Crippen LogP contribution in [-0.2, 0) is 0 Å². The summed E-state index contributed by atoms with van der Waals surface area (Å²) in [5.74, 6) is 0. The first kappa shape index (κ1) is 9.36. The Morgan fingerprint density at radius 1 is 1.62 bits per heavy atom. The van der Waals surface area contributed by atoms with Crippen molar-refractivity contribution in [2.75, 3.05) is 20.1 Å². The van der Waals surface area contributed by atoms with Crippen molar-refractivity contribution in [2.45, 2.75) is 12.5 Å². The third-order valence-corrected chi connectivity index (χ3v) is 3.24. The Balaban J connectivity index is 1.91. The Morgan fingerprint density at radius 3 is 3.00 bits per heavy atom. The molecule has 2 rings (SSSR count). The molecule has 0 radical (unpaired) electrons. The van der Waals surface area contributed by atoms with Crippen LogP contribution in [0.1, 0.15) is 6.42 Å². The highest BCUT2D eigenvalue weighted by Crippen LogP contribution is 2.24. The molecule has 6 heteroatoms. The highest BCUT2D eigenvalue weighted by atomic mass is 79.9. The molecule has 1 aromatic heterocycles. The Morgan fingerprint density at radius 2 is 2.46 bits per heavy atom. The Kier molecular flexibility index (Phi) is 2.80. The summed E-state index contributed by atoms with van der Waals surface area (Å²) >= 11 is 4.68. The number of nitrogens with zero attached hydrogens (tertiary/aromatic N) is 3. The van der Waals surface area contributed by atoms with E-state index in [-0.39, 0.29) is 6.10 Å². The topological polar surface area (TPSA) is 38.2 Å². The maximum absolute atomic E-state index is 5.64. The summed E-state index contributed by atoms with van der Waals surface area (Å²) in [6, 6.07) is 0. The molecule has 1 unspecified atom stereocenters. The van der Waals surface area contributed by atoms with Crippen LogP contribution >= 0.6 is 27.3 Å². The Labute approximate surface area is 89.0 Å². The molecule has 1 fully saturated rings. The van der Waals surface area contributed by atoms with Gasteiger partial charge in [-0.05, 0) is 40.7 Å². The number of hydrogen-bond donors (Lipinski definition) is 0. The van der Waals surface area contributed by atoms with Crippen molar-refractivity contribution in [1.82, 2.24) is 15.1 Å². The molecule has 1 aliphatic rings. The lowest BCUT2D eigenvalue weighted by Crippen LogP contribution is -2.21. The van der Waals surface area contributed by atoms with Crippen LogP contribution in [0.3, 0.4) is 0 Å². The molecule has 0 spiro atoms. The predicted molar refractivity (Wildman–Crippen MR) is 54.1 cm³/mol. The van der Waals surface area contributed by atoms with E-state index in [1.54, 1.807) is 0 Å². The standard InChI is InChI=1S/C7H10BrN3OS/c1-11-3-2-5(4-11)12-7-10-9-6(8)13-7/h5H,2-4H2,1H3. The predicted octanol–water partition coefficient (Wildman–Crippen LogP) is 1.38. The average molecular weight is 264 g/mol. The quantitative estimate of drug-likeness (QED) is 0.809. The van der Waals surface area contributed by atoms with Gasteiger partial charge in [0.15, 0.2) is 3.92 Å². The maximum Gasteiger partial charge on any atom is 0.295 e. The molecular formula is C7H10BrN3OS. The molecule has 1 aliphatic heterocycles. The maximum atomic E-state index is 5.64. The van der Waals surface area contributed by atoms with Gasteiger partial charge in [0.1, 0.15) is 6.10 Å². The van der Waals surface area contributed by atoms with Crippen LogP contribution in [0.2, 0.25) is 0 Å². The normalized spacial score (nSPS) is 23.7. The molecule has 1 aromatic rings. The van der Waals surface area contributed by atoms with Crippen molar-refractivity contribution in [3.63, 3.8) is 0 Å². The molecule has 0 N–H and O–H groups in total. The van der Waals surface area contributed by atoms with Crippen LogP contribution in [0.4, 0.5) is 0 Å². The van der Waals surface area contributed by atoms with Gasteiger partial charge in [-0.2, -0.15) is 0 Å². The minimum atomic E-state index is 0.282. The van der Waals surface area contributed by atoms with Crippen molar-refractivity contribution in [3.8, 4) is 5.19 Å². The number of rotatable bonds is 2. The lowest BCUT2D eigenvalue weighted by molar-refractivity contribution is 0.206. The number of likely N-dealkylation sites (N-methyl/N-ethyl adjacent to an activating group) is 1. The van der Waals surface area contributed by atoms with Crippen molar-refractivity contribution < 1.29 is 4.74 Å². The van der Waals surface area contributed by atoms with E-state index >= 15 is 0 Å². The van der Waals surface area contributed by atoms with Gasteiger partial charge in [0.05, 0.1) is 0 Å². The van der Waals surface area contributed by atoms with Crippen molar-refractivity contribution in [3.05, 3.63) is 3.92 Å². The van der Waals surface area contributed by atoms with Gasteiger partial charge in [0.25, 0.3) is 5.19 Å². The summed E-state index contributed by atoms with van der Waals surface area (Å²) in [6.07, 6.45) is 1.36. The first-order chi connectivity index (χ1) is 6.24. The minimum absolute atomic E-state index is 0.282. The van der Waals surface area contributed by atoms with Crippen LogP contribution in [0.5, 0.6) is 5.19 Å². The lowest BCUT2D eigenvalue weighted by atomic mass is 10.3. The monoisotopic (exact) mass is 263 g/mol. The zero-order valence-electron chi connectivity index (χ0n) is 7.23. The van der Waals surface area contributed by atoms with E-state index < -0.39 is 0 Å². The second kappa shape index (κ2) is 3.89. The van der Waals surface area contributed by atoms with Gasteiger partial charge in [-0.3, -0.25) is 0 Å². The number of aromatic nitrogens is 2. The highest BCUT2D eigenvalue weighted by Gasteiger charge is 2.22. The van der Waals surface area contributed by atoms with E-state index in [1.807, 2.05) is 0 Å². The number of likely N-dealkylation sites (tertiary alicyclic amines) is 1. The molecule has 2 heterocycles. The molecule has 1 atom stereocenters. The summed E-state index contributed by atoms with van der Waals surface area (Å²) in [7, 11) is 2.10. The SMILES string of the molecule is CN1CCC(Oc2nnc(Br)s2)C1. The number of hydrogen-bond acceptors (Lipinski definition) is 5. The summed E-state index contributed by atoms with van der Waals surface area (Å²) in [6.45, 7) is 2.09. The van der Waals surface area contributed by atoms with E-state index in [9.17, 15) is 0 Å². The van der Waals surface area contributed by atoms with Gasteiger partial charge < -0.3 is 9.64 Å². The fourth-order valence-electron chi connectivity index (χ4n) is 1.37. The van der Waals surface area contributed by atoms with Gasteiger partial charge in [-0.15, -0.1) is 5.10 Å². The molecule has 4 nitrogen and oxygen atoms in total. The fourth-order valence-corrected chi connectivity index (χ4v) is 2.36. The molecule has 0 aromatic carbocycles. The van der Waals surface area contributed by atoms with Gasteiger partial charge in [-0.25, -0.2) is 0 Å². The first-order valence-corrected chi connectivity index (χ1v) is 5.69. The minimum Gasteiger partial charge on any atom is -0.464 e. The fraction of sp³-hybridized carbons (Fsp3) is 0.714. The molecule has 0 aliphatic carbocycles. The van der Waals surface area contributed by atoms with Gasteiger partial charge >= 0.3 is 0 Å². The zero-order chi connectivity index (χ0) is 9.26. The number of halogens is 1. The van der Waals surface area contributed by atoms with Crippen molar-refractivity contribution >= 4 is 27.3 Å². The van der Waals surface area contributed by atoms with E-state index in [4.69, 9.17) is 4.74 Å². The molecule has 1 saturated heterocycles. The smallest absolute Gasteiger partial charge is 0.295 e. The summed E-state index contributed by atoms with van der Waals surface area (Å²) in [5, 5.41) is 8.37. The van der Waals surface area contributed by atoms with Gasteiger partial charge in [0, 0.05) is 13.1 Å². The number of ether oxygens (including phenoxy) is 1. The van der Waals surface area contributed by atoms with Gasteiger partial charge in [-0.1, -0.05) is 5.10 Å². The second-order valence-corrected chi connectivity index (χ2v) is 5.33.